The van der Waals surface area contributed by atoms with Gasteiger partial charge in [-0.25, -0.2) is 9.97 Å². The van der Waals surface area contributed by atoms with Crippen molar-refractivity contribution < 1.29 is 0 Å². The fraction of sp³-hybridized carbons (Fsp3) is 0.429. The second-order valence-corrected chi connectivity index (χ2v) is 7.46. The number of hydrogen-bond acceptors (Lipinski definition) is 5. The van der Waals surface area contributed by atoms with Crippen molar-refractivity contribution in [1.82, 2.24) is 9.97 Å². The predicted molar refractivity (Wildman–Crippen MR) is 89.6 cm³/mol. The molecule has 6 heteroatoms. The molecule has 2 N–H and O–H groups in total. The molecular formula is C14H19BrN4S. The molecule has 0 bridgehead atoms. The minimum absolute atomic E-state index is 0.0742. The first-order chi connectivity index (χ1) is 9.38. The number of nitrogens with zero attached hydrogens (tertiary/aromatic N) is 2. The zero-order chi connectivity index (χ0) is 14.8. The number of aromatic nitrogens is 2. The van der Waals surface area contributed by atoms with Crippen LogP contribution in [0.25, 0.3) is 0 Å². The van der Waals surface area contributed by atoms with Crippen molar-refractivity contribution in [2.24, 2.45) is 0 Å². The Morgan fingerprint density at radius 2 is 1.90 bits per heavy atom. The Hall–Kier alpha value is -1.14. The highest BCUT2D eigenvalue weighted by Gasteiger charge is 2.19. The van der Waals surface area contributed by atoms with Crippen LogP contribution in [-0.2, 0) is 12.0 Å². The molecule has 0 aromatic carbocycles. The molecule has 2 aromatic heterocycles. The molecule has 0 unspecified atom stereocenters. The van der Waals surface area contributed by atoms with Crippen LogP contribution in [0.2, 0.25) is 0 Å². The third kappa shape index (κ3) is 3.93. The van der Waals surface area contributed by atoms with Gasteiger partial charge in [-0.3, -0.25) is 0 Å². The lowest BCUT2D eigenvalue weighted by atomic mass is 9.96. The molecule has 2 heterocycles. The van der Waals surface area contributed by atoms with E-state index in [0.717, 1.165) is 28.5 Å². The SMILES string of the molecule is CNc1cc(NCc2cc(Br)cs2)nc(C(C)(C)C)n1. The van der Waals surface area contributed by atoms with Gasteiger partial charge in [0.25, 0.3) is 0 Å². The van der Waals surface area contributed by atoms with Crippen LogP contribution in [0.4, 0.5) is 11.6 Å². The van der Waals surface area contributed by atoms with E-state index in [0.29, 0.717) is 0 Å². The molecule has 0 saturated heterocycles. The molecule has 0 radical (unpaired) electrons. The van der Waals surface area contributed by atoms with Crippen molar-refractivity contribution in [2.75, 3.05) is 17.7 Å². The maximum Gasteiger partial charge on any atom is 0.138 e. The number of hydrogen-bond donors (Lipinski definition) is 2. The van der Waals surface area contributed by atoms with Crippen LogP contribution in [0, 0.1) is 0 Å². The molecule has 0 amide bonds. The van der Waals surface area contributed by atoms with E-state index in [-0.39, 0.29) is 5.41 Å². The minimum Gasteiger partial charge on any atom is -0.373 e. The summed E-state index contributed by atoms with van der Waals surface area (Å²) in [6.45, 7) is 7.10. The Bertz CT molecular complexity index is 589. The van der Waals surface area contributed by atoms with Gasteiger partial charge in [0, 0.05) is 33.3 Å². The van der Waals surface area contributed by atoms with Crippen LogP contribution >= 0.6 is 27.3 Å². The topological polar surface area (TPSA) is 49.8 Å². The highest BCUT2D eigenvalue weighted by atomic mass is 79.9. The molecule has 0 aliphatic rings. The normalized spacial score (nSPS) is 11.4. The van der Waals surface area contributed by atoms with E-state index in [9.17, 15) is 0 Å². The van der Waals surface area contributed by atoms with Gasteiger partial charge in [-0.2, -0.15) is 0 Å². The molecule has 2 rings (SSSR count). The van der Waals surface area contributed by atoms with Crippen molar-refractivity contribution in [2.45, 2.75) is 32.7 Å². The minimum atomic E-state index is -0.0742. The van der Waals surface area contributed by atoms with E-state index in [1.807, 2.05) is 13.1 Å². The van der Waals surface area contributed by atoms with Gasteiger partial charge in [0.1, 0.15) is 17.5 Å². The van der Waals surface area contributed by atoms with Crippen LogP contribution in [0.5, 0.6) is 0 Å². The van der Waals surface area contributed by atoms with E-state index in [1.54, 1.807) is 11.3 Å². The molecule has 20 heavy (non-hydrogen) atoms. The highest BCUT2D eigenvalue weighted by molar-refractivity contribution is 9.10. The number of anilines is 2. The zero-order valence-electron chi connectivity index (χ0n) is 12.1. The van der Waals surface area contributed by atoms with E-state index in [1.165, 1.54) is 4.88 Å². The molecule has 0 aliphatic heterocycles. The van der Waals surface area contributed by atoms with Gasteiger partial charge >= 0.3 is 0 Å². The van der Waals surface area contributed by atoms with Crippen LogP contribution in [-0.4, -0.2) is 17.0 Å². The largest absolute Gasteiger partial charge is 0.373 e. The van der Waals surface area contributed by atoms with Crippen molar-refractivity contribution in [1.29, 1.82) is 0 Å². The summed E-state index contributed by atoms with van der Waals surface area (Å²) < 4.78 is 1.12. The van der Waals surface area contributed by atoms with Gasteiger partial charge in [-0.05, 0) is 22.0 Å². The van der Waals surface area contributed by atoms with Gasteiger partial charge in [0.15, 0.2) is 0 Å². The van der Waals surface area contributed by atoms with Gasteiger partial charge in [0.05, 0.1) is 6.54 Å². The average molecular weight is 355 g/mol. The molecule has 108 valence electrons. The summed E-state index contributed by atoms with van der Waals surface area (Å²) in [5, 5.41) is 8.53. The van der Waals surface area contributed by atoms with Crippen molar-refractivity contribution >= 4 is 38.9 Å². The molecule has 2 aromatic rings. The fourth-order valence-electron chi connectivity index (χ4n) is 1.63. The first-order valence-electron chi connectivity index (χ1n) is 6.42. The number of nitrogens with one attached hydrogen (secondary N) is 2. The summed E-state index contributed by atoms with van der Waals surface area (Å²) in [7, 11) is 1.87. The maximum absolute atomic E-state index is 4.61. The summed E-state index contributed by atoms with van der Waals surface area (Å²) in [6, 6.07) is 4.04. The first-order valence-corrected chi connectivity index (χ1v) is 8.10. The number of thiophene rings is 1. The monoisotopic (exact) mass is 354 g/mol. The van der Waals surface area contributed by atoms with Crippen molar-refractivity contribution in [3.8, 4) is 0 Å². The Morgan fingerprint density at radius 3 is 2.45 bits per heavy atom. The van der Waals surface area contributed by atoms with Crippen LogP contribution in [0.1, 0.15) is 31.5 Å². The summed E-state index contributed by atoms with van der Waals surface area (Å²) in [5.74, 6) is 2.51. The molecule has 0 saturated carbocycles. The number of rotatable bonds is 4. The smallest absolute Gasteiger partial charge is 0.138 e. The van der Waals surface area contributed by atoms with Gasteiger partial charge in [-0.1, -0.05) is 20.8 Å². The predicted octanol–water partition coefficient (Wildman–Crippen LogP) is 4.25. The van der Waals surface area contributed by atoms with E-state index >= 15 is 0 Å². The van der Waals surface area contributed by atoms with E-state index in [4.69, 9.17) is 0 Å². The average Bonchev–Trinajstić information content (AvgIpc) is 2.81. The highest BCUT2D eigenvalue weighted by Crippen LogP contribution is 2.24. The molecule has 0 aliphatic carbocycles. The first kappa shape index (κ1) is 15.3. The van der Waals surface area contributed by atoms with Gasteiger partial charge < -0.3 is 10.6 Å². The Labute approximate surface area is 132 Å². The van der Waals surface area contributed by atoms with Crippen molar-refractivity contribution in [3.63, 3.8) is 0 Å². The fourth-order valence-corrected chi connectivity index (χ4v) is 3.02. The lowest BCUT2D eigenvalue weighted by Gasteiger charge is -2.18. The zero-order valence-corrected chi connectivity index (χ0v) is 14.5. The summed E-state index contributed by atoms with van der Waals surface area (Å²) >= 11 is 5.19. The van der Waals surface area contributed by atoms with Crippen LogP contribution in [0.3, 0.4) is 0 Å². The maximum atomic E-state index is 4.61. The van der Waals surface area contributed by atoms with Crippen LogP contribution < -0.4 is 10.6 Å². The lowest BCUT2D eigenvalue weighted by Crippen LogP contribution is -2.18. The molecule has 0 fully saturated rings. The van der Waals surface area contributed by atoms with Gasteiger partial charge in [-0.15, -0.1) is 11.3 Å². The van der Waals surface area contributed by atoms with E-state index in [2.05, 4.69) is 68.7 Å². The Balaban J connectivity index is 2.18. The van der Waals surface area contributed by atoms with Gasteiger partial charge in [0.2, 0.25) is 0 Å². The second-order valence-electron chi connectivity index (χ2n) is 5.55. The third-order valence-corrected chi connectivity index (χ3v) is 4.42. The standard InChI is InChI=1S/C14H19BrN4S/c1-14(2,3)13-18-11(16-4)6-12(19-13)17-7-10-5-9(15)8-20-10/h5-6,8H,7H2,1-4H3,(H2,16,17,18,19). The Kier molecular flexibility index (Phi) is 4.65. The molecule has 0 atom stereocenters. The molecular weight excluding hydrogens is 336 g/mol. The third-order valence-electron chi connectivity index (χ3n) is 2.72. The second kappa shape index (κ2) is 6.10. The number of halogens is 1. The molecule has 0 spiro atoms. The summed E-state index contributed by atoms with van der Waals surface area (Å²) in [4.78, 5) is 10.4. The lowest BCUT2D eigenvalue weighted by molar-refractivity contribution is 0.546. The Morgan fingerprint density at radius 1 is 1.20 bits per heavy atom. The van der Waals surface area contributed by atoms with E-state index < -0.39 is 0 Å². The molecule has 4 nitrogen and oxygen atoms in total. The summed E-state index contributed by atoms with van der Waals surface area (Å²) in [5.41, 5.74) is -0.0742. The summed E-state index contributed by atoms with van der Waals surface area (Å²) in [6.07, 6.45) is 0. The quantitative estimate of drug-likeness (QED) is 0.861. The van der Waals surface area contributed by atoms with Crippen molar-refractivity contribution in [3.05, 3.63) is 32.7 Å². The van der Waals surface area contributed by atoms with Crippen LogP contribution in [0.15, 0.2) is 22.0 Å².